The molecule has 0 aliphatic carbocycles. The Labute approximate surface area is 171 Å². The third-order valence-corrected chi connectivity index (χ3v) is 5.82. The molecule has 6 nitrogen and oxygen atoms in total. The fourth-order valence-electron chi connectivity index (χ4n) is 4.19. The van der Waals surface area contributed by atoms with E-state index in [9.17, 15) is 9.90 Å². The van der Waals surface area contributed by atoms with Crippen LogP contribution in [0.1, 0.15) is 50.2 Å². The molecular weight excluding hydrogens is 364 g/mol. The molecule has 1 aromatic carbocycles. The molecule has 1 fully saturated rings. The van der Waals surface area contributed by atoms with Gasteiger partial charge >= 0.3 is 0 Å². The van der Waals surface area contributed by atoms with E-state index in [-0.39, 0.29) is 17.7 Å². The fraction of sp³-hybridized carbons (Fsp3) is 0.435. The van der Waals surface area contributed by atoms with E-state index in [1.165, 1.54) is 0 Å². The van der Waals surface area contributed by atoms with Gasteiger partial charge < -0.3 is 14.6 Å². The third kappa shape index (κ3) is 4.03. The number of pyridine rings is 1. The van der Waals surface area contributed by atoms with Gasteiger partial charge in [0.05, 0.1) is 22.8 Å². The number of fused-ring (bicyclic) bond motifs is 1. The predicted octanol–water partition coefficient (Wildman–Crippen LogP) is 3.53. The molecule has 1 atom stereocenters. The highest BCUT2D eigenvalue weighted by Crippen LogP contribution is 2.30. The highest BCUT2D eigenvalue weighted by atomic mass is 16.3. The van der Waals surface area contributed by atoms with E-state index in [0.29, 0.717) is 25.3 Å². The number of carbonyl (C=O) groups excluding carboxylic acids is 1. The summed E-state index contributed by atoms with van der Waals surface area (Å²) in [7, 11) is 0. The van der Waals surface area contributed by atoms with Crippen molar-refractivity contribution in [3.8, 4) is 0 Å². The molecule has 3 heterocycles. The van der Waals surface area contributed by atoms with Crippen LogP contribution < -0.4 is 0 Å². The van der Waals surface area contributed by atoms with Gasteiger partial charge in [-0.1, -0.05) is 32.0 Å². The summed E-state index contributed by atoms with van der Waals surface area (Å²) in [6.07, 6.45) is 2.70. The Balaban J connectivity index is 1.43. The van der Waals surface area contributed by atoms with E-state index in [2.05, 4.69) is 23.4 Å². The molecular formula is C23H28N4O2. The smallest absolute Gasteiger partial charge is 0.242 e. The van der Waals surface area contributed by atoms with Gasteiger partial charge in [-0.15, -0.1) is 0 Å². The zero-order chi connectivity index (χ0) is 20.4. The van der Waals surface area contributed by atoms with Gasteiger partial charge in [0.15, 0.2) is 0 Å². The quantitative estimate of drug-likeness (QED) is 0.721. The molecule has 6 heteroatoms. The average molecular weight is 393 g/mol. The molecule has 0 saturated carbocycles. The van der Waals surface area contributed by atoms with E-state index in [1.807, 2.05) is 47.4 Å². The highest BCUT2D eigenvalue weighted by molar-refractivity contribution is 5.81. The van der Waals surface area contributed by atoms with Gasteiger partial charge in [0.2, 0.25) is 5.91 Å². The van der Waals surface area contributed by atoms with Gasteiger partial charge in [-0.25, -0.2) is 4.98 Å². The zero-order valence-corrected chi connectivity index (χ0v) is 17.0. The van der Waals surface area contributed by atoms with Crippen molar-refractivity contribution < 1.29 is 9.90 Å². The molecule has 1 saturated heterocycles. The van der Waals surface area contributed by atoms with Crippen LogP contribution in [0.3, 0.4) is 0 Å². The number of benzene rings is 1. The molecule has 1 N–H and O–H groups in total. The maximum absolute atomic E-state index is 13.0. The number of aromatic nitrogens is 3. The van der Waals surface area contributed by atoms with Gasteiger partial charge in [0.25, 0.3) is 0 Å². The second-order valence-electron chi connectivity index (χ2n) is 8.12. The number of aliphatic hydroxyl groups is 1. The first-order chi connectivity index (χ1) is 14.0. The van der Waals surface area contributed by atoms with Crippen LogP contribution in [0.2, 0.25) is 0 Å². The molecule has 0 unspecified atom stereocenters. The maximum atomic E-state index is 13.0. The van der Waals surface area contributed by atoms with Crippen molar-refractivity contribution in [2.75, 3.05) is 13.1 Å². The van der Waals surface area contributed by atoms with E-state index >= 15 is 0 Å². The molecule has 4 rings (SSSR count). The van der Waals surface area contributed by atoms with E-state index in [0.717, 1.165) is 29.7 Å². The number of amides is 1. The Morgan fingerprint density at radius 2 is 1.86 bits per heavy atom. The number of piperidine rings is 1. The van der Waals surface area contributed by atoms with Crippen molar-refractivity contribution in [2.45, 2.75) is 45.3 Å². The topological polar surface area (TPSA) is 71.2 Å². The third-order valence-electron chi connectivity index (χ3n) is 5.82. The van der Waals surface area contributed by atoms with Crippen LogP contribution in [0.25, 0.3) is 11.0 Å². The fourth-order valence-corrected chi connectivity index (χ4v) is 4.19. The summed E-state index contributed by atoms with van der Waals surface area (Å²) in [4.78, 5) is 24.0. The summed E-state index contributed by atoms with van der Waals surface area (Å²) < 4.78 is 2.05. The summed E-state index contributed by atoms with van der Waals surface area (Å²) >= 11 is 0. The highest BCUT2D eigenvalue weighted by Gasteiger charge is 2.29. The summed E-state index contributed by atoms with van der Waals surface area (Å²) in [6.45, 7) is 5.84. The number of carbonyl (C=O) groups is 1. The van der Waals surface area contributed by atoms with E-state index < -0.39 is 6.10 Å². The normalized spacial score (nSPS) is 16.5. The first-order valence-corrected chi connectivity index (χ1v) is 10.4. The Bertz CT molecular complexity index is 975. The van der Waals surface area contributed by atoms with Crippen LogP contribution in [0.15, 0.2) is 48.7 Å². The lowest BCUT2D eigenvalue weighted by molar-refractivity contribution is -0.133. The van der Waals surface area contributed by atoms with Crippen LogP contribution >= 0.6 is 0 Å². The van der Waals surface area contributed by atoms with Gasteiger partial charge in [-0.05, 0) is 43.0 Å². The molecule has 0 radical (unpaired) electrons. The molecule has 3 aromatic rings. The molecule has 29 heavy (non-hydrogen) atoms. The summed E-state index contributed by atoms with van der Waals surface area (Å²) in [5.74, 6) is 1.43. The first-order valence-electron chi connectivity index (χ1n) is 10.4. The van der Waals surface area contributed by atoms with Gasteiger partial charge in [0, 0.05) is 25.2 Å². The van der Waals surface area contributed by atoms with Crippen LogP contribution in [0, 0.1) is 5.92 Å². The Kier molecular flexibility index (Phi) is 5.62. The Hall–Kier alpha value is -2.73. The largest absolute Gasteiger partial charge is 0.387 e. The maximum Gasteiger partial charge on any atom is 0.242 e. The van der Waals surface area contributed by atoms with Crippen molar-refractivity contribution in [1.82, 2.24) is 19.4 Å². The lowest BCUT2D eigenvalue weighted by Crippen LogP contribution is -2.41. The zero-order valence-electron chi connectivity index (χ0n) is 17.0. The molecule has 152 valence electrons. The van der Waals surface area contributed by atoms with Crippen LogP contribution in [-0.2, 0) is 11.3 Å². The lowest BCUT2D eigenvalue weighted by atomic mass is 9.89. The van der Waals surface area contributed by atoms with Crippen LogP contribution in [-0.4, -0.2) is 43.5 Å². The number of nitrogens with zero attached hydrogens (tertiary/aromatic N) is 4. The van der Waals surface area contributed by atoms with Gasteiger partial charge in [0.1, 0.15) is 12.4 Å². The second kappa shape index (κ2) is 8.33. The van der Waals surface area contributed by atoms with Crippen molar-refractivity contribution in [3.05, 3.63) is 60.2 Å². The van der Waals surface area contributed by atoms with Crippen LogP contribution in [0.5, 0.6) is 0 Å². The number of likely N-dealkylation sites (tertiary alicyclic amines) is 1. The number of para-hydroxylation sites is 2. The van der Waals surface area contributed by atoms with E-state index in [1.54, 1.807) is 6.20 Å². The summed E-state index contributed by atoms with van der Waals surface area (Å²) in [5.41, 5.74) is 2.65. The van der Waals surface area contributed by atoms with E-state index in [4.69, 9.17) is 4.98 Å². The van der Waals surface area contributed by atoms with Crippen molar-refractivity contribution in [1.29, 1.82) is 0 Å². The number of hydrogen-bond acceptors (Lipinski definition) is 4. The minimum Gasteiger partial charge on any atom is -0.387 e. The minimum absolute atomic E-state index is 0.112. The standard InChI is InChI=1S/C23H28N4O2/c1-16(2)23-25-18-7-3-4-9-20(18)27(23)15-21(28)26-13-10-17(11-14-26)22(29)19-8-5-6-12-24-19/h3-9,12,16-17,22,29H,10-11,13-15H2,1-2H3/t22-/m0/s1. The molecule has 2 aromatic heterocycles. The average Bonchev–Trinajstić information content (AvgIpc) is 3.13. The van der Waals surface area contributed by atoms with Crippen molar-refractivity contribution >= 4 is 16.9 Å². The van der Waals surface area contributed by atoms with Crippen molar-refractivity contribution in [3.63, 3.8) is 0 Å². The second-order valence-corrected chi connectivity index (χ2v) is 8.12. The molecule has 0 spiro atoms. The van der Waals surface area contributed by atoms with Gasteiger partial charge in [-0.2, -0.15) is 0 Å². The number of rotatable bonds is 5. The first kappa shape index (κ1) is 19.6. The number of hydrogen-bond donors (Lipinski definition) is 1. The molecule has 1 amide bonds. The monoisotopic (exact) mass is 392 g/mol. The van der Waals surface area contributed by atoms with Crippen LogP contribution in [0.4, 0.5) is 0 Å². The van der Waals surface area contributed by atoms with Crippen molar-refractivity contribution in [2.24, 2.45) is 5.92 Å². The number of aliphatic hydroxyl groups excluding tert-OH is 1. The SMILES string of the molecule is CC(C)c1nc2ccccc2n1CC(=O)N1CCC([C@H](O)c2ccccn2)CC1. The molecule has 1 aliphatic heterocycles. The minimum atomic E-state index is -0.571. The molecule has 0 bridgehead atoms. The summed E-state index contributed by atoms with van der Waals surface area (Å²) in [6, 6.07) is 13.6. The Morgan fingerprint density at radius 3 is 2.55 bits per heavy atom. The Morgan fingerprint density at radius 1 is 1.14 bits per heavy atom. The molecule has 1 aliphatic rings. The van der Waals surface area contributed by atoms with Gasteiger partial charge in [-0.3, -0.25) is 9.78 Å². The number of imidazole rings is 1. The lowest BCUT2D eigenvalue weighted by Gasteiger charge is -2.34. The summed E-state index contributed by atoms with van der Waals surface area (Å²) in [5, 5.41) is 10.6. The predicted molar refractivity (Wildman–Crippen MR) is 112 cm³/mol.